The topological polar surface area (TPSA) is 44.5 Å². The van der Waals surface area contributed by atoms with Gasteiger partial charge in [0.1, 0.15) is 0 Å². The lowest BCUT2D eigenvalue weighted by Crippen LogP contribution is -1.96. The van der Waals surface area contributed by atoms with E-state index >= 15 is 0 Å². The molecular weight excluding hydrogens is 294 g/mol. The number of methoxy groups -OCH3 is 2. The highest BCUT2D eigenvalue weighted by atomic mass is 32.1. The molecule has 0 spiro atoms. The standard InChI is InChI=1S/C18H17NO2S/c1-20-17-14(12-5-7-13(19)8-6-12)9-10-15(18(17)21-2)16-4-3-11-22-16/h3-11H,19H2,1-2H3. The molecule has 2 N–H and O–H groups in total. The van der Waals surface area contributed by atoms with Crippen LogP contribution in [0.1, 0.15) is 0 Å². The smallest absolute Gasteiger partial charge is 0.169 e. The van der Waals surface area contributed by atoms with Crippen LogP contribution in [0.5, 0.6) is 11.5 Å². The van der Waals surface area contributed by atoms with Gasteiger partial charge in [-0.1, -0.05) is 18.2 Å². The Morgan fingerprint density at radius 1 is 0.818 bits per heavy atom. The SMILES string of the molecule is COc1c(-c2ccc(N)cc2)ccc(-c2cccs2)c1OC. The predicted molar refractivity (Wildman–Crippen MR) is 92.7 cm³/mol. The van der Waals surface area contributed by atoms with Crippen molar-refractivity contribution in [3.8, 4) is 33.1 Å². The summed E-state index contributed by atoms with van der Waals surface area (Å²) in [4.78, 5) is 1.15. The van der Waals surface area contributed by atoms with E-state index in [0.29, 0.717) is 0 Å². The highest BCUT2D eigenvalue weighted by Gasteiger charge is 2.17. The monoisotopic (exact) mass is 311 g/mol. The zero-order chi connectivity index (χ0) is 15.5. The first-order valence-electron chi connectivity index (χ1n) is 6.89. The summed E-state index contributed by atoms with van der Waals surface area (Å²) in [6.45, 7) is 0. The average Bonchev–Trinajstić information content (AvgIpc) is 3.08. The lowest BCUT2D eigenvalue weighted by atomic mass is 10.0. The van der Waals surface area contributed by atoms with Gasteiger partial charge in [-0.2, -0.15) is 0 Å². The molecule has 3 rings (SSSR count). The van der Waals surface area contributed by atoms with E-state index in [-0.39, 0.29) is 0 Å². The first kappa shape index (κ1) is 14.5. The maximum atomic E-state index is 5.77. The minimum absolute atomic E-state index is 0.734. The molecule has 0 amide bonds. The molecule has 1 heterocycles. The number of anilines is 1. The van der Waals surface area contributed by atoms with Crippen molar-refractivity contribution in [1.82, 2.24) is 0 Å². The Morgan fingerprint density at radius 2 is 1.45 bits per heavy atom. The maximum absolute atomic E-state index is 5.77. The lowest BCUT2D eigenvalue weighted by Gasteiger charge is -2.16. The number of hydrogen-bond acceptors (Lipinski definition) is 4. The number of ether oxygens (including phenoxy) is 2. The van der Waals surface area contributed by atoms with E-state index in [0.717, 1.165) is 38.8 Å². The zero-order valence-corrected chi connectivity index (χ0v) is 13.3. The number of nitrogen functional groups attached to an aromatic ring is 1. The molecule has 1 aromatic heterocycles. The van der Waals surface area contributed by atoms with Crippen molar-refractivity contribution in [3.05, 3.63) is 53.9 Å². The number of thiophene rings is 1. The lowest BCUT2D eigenvalue weighted by molar-refractivity contribution is 0.357. The Labute approximate surface area is 133 Å². The summed E-state index contributed by atoms with van der Waals surface area (Å²) in [6.07, 6.45) is 0. The molecule has 3 nitrogen and oxygen atoms in total. The van der Waals surface area contributed by atoms with Gasteiger partial charge in [0.25, 0.3) is 0 Å². The van der Waals surface area contributed by atoms with Crippen LogP contribution >= 0.6 is 11.3 Å². The minimum Gasteiger partial charge on any atom is -0.492 e. The summed E-state index contributed by atoms with van der Waals surface area (Å²) in [6, 6.07) is 16.0. The second kappa shape index (κ2) is 6.12. The first-order valence-corrected chi connectivity index (χ1v) is 7.77. The predicted octanol–water partition coefficient (Wildman–Crippen LogP) is 4.68. The molecule has 0 radical (unpaired) electrons. The van der Waals surface area contributed by atoms with E-state index in [1.54, 1.807) is 25.6 Å². The third kappa shape index (κ3) is 2.53. The van der Waals surface area contributed by atoms with Crippen LogP contribution in [0.15, 0.2) is 53.9 Å². The Kier molecular flexibility index (Phi) is 4.02. The molecule has 0 bridgehead atoms. The van der Waals surface area contributed by atoms with Crippen molar-refractivity contribution >= 4 is 17.0 Å². The van der Waals surface area contributed by atoms with E-state index in [1.807, 2.05) is 30.3 Å². The normalized spacial score (nSPS) is 10.5. The third-order valence-electron chi connectivity index (χ3n) is 3.53. The molecule has 0 aliphatic rings. The average molecular weight is 311 g/mol. The second-order valence-electron chi connectivity index (χ2n) is 4.83. The van der Waals surface area contributed by atoms with E-state index in [9.17, 15) is 0 Å². The molecule has 0 aliphatic heterocycles. The fourth-order valence-corrected chi connectivity index (χ4v) is 3.23. The summed E-state index contributed by atoms with van der Waals surface area (Å²) in [5, 5.41) is 2.05. The molecule has 0 saturated carbocycles. The molecule has 22 heavy (non-hydrogen) atoms. The summed E-state index contributed by atoms with van der Waals surface area (Å²) >= 11 is 1.68. The van der Waals surface area contributed by atoms with Crippen LogP contribution in [-0.4, -0.2) is 14.2 Å². The van der Waals surface area contributed by atoms with E-state index in [1.165, 1.54) is 0 Å². The Bertz CT molecular complexity index is 765. The number of rotatable bonds is 4. The summed E-state index contributed by atoms with van der Waals surface area (Å²) in [5.41, 5.74) is 9.57. The van der Waals surface area contributed by atoms with Crippen LogP contribution in [0.25, 0.3) is 21.6 Å². The highest BCUT2D eigenvalue weighted by molar-refractivity contribution is 7.13. The largest absolute Gasteiger partial charge is 0.492 e. The molecule has 3 aromatic rings. The zero-order valence-electron chi connectivity index (χ0n) is 12.5. The van der Waals surface area contributed by atoms with Crippen LogP contribution < -0.4 is 15.2 Å². The quantitative estimate of drug-likeness (QED) is 0.711. The van der Waals surface area contributed by atoms with Crippen LogP contribution in [-0.2, 0) is 0 Å². The number of hydrogen-bond donors (Lipinski definition) is 1. The van der Waals surface area contributed by atoms with E-state index < -0.39 is 0 Å². The molecule has 0 aliphatic carbocycles. The van der Waals surface area contributed by atoms with Crippen LogP contribution in [0.4, 0.5) is 5.69 Å². The minimum atomic E-state index is 0.734. The van der Waals surface area contributed by atoms with Gasteiger partial charge in [-0.3, -0.25) is 0 Å². The van der Waals surface area contributed by atoms with Gasteiger partial charge in [-0.15, -0.1) is 11.3 Å². The van der Waals surface area contributed by atoms with Gasteiger partial charge in [-0.25, -0.2) is 0 Å². The summed E-state index contributed by atoms with van der Waals surface area (Å²) < 4.78 is 11.3. The molecule has 112 valence electrons. The molecule has 4 heteroatoms. The van der Waals surface area contributed by atoms with Gasteiger partial charge in [0.2, 0.25) is 0 Å². The van der Waals surface area contributed by atoms with E-state index in [4.69, 9.17) is 15.2 Å². The number of benzene rings is 2. The first-order chi connectivity index (χ1) is 10.7. The van der Waals surface area contributed by atoms with Crippen molar-refractivity contribution < 1.29 is 9.47 Å². The molecule has 0 fully saturated rings. The highest BCUT2D eigenvalue weighted by Crippen LogP contribution is 2.45. The fourth-order valence-electron chi connectivity index (χ4n) is 2.48. The summed E-state index contributed by atoms with van der Waals surface area (Å²) in [5.74, 6) is 1.48. The maximum Gasteiger partial charge on any atom is 0.169 e. The molecule has 0 unspecified atom stereocenters. The summed E-state index contributed by atoms with van der Waals surface area (Å²) in [7, 11) is 3.33. The Morgan fingerprint density at radius 3 is 2.05 bits per heavy atom. The third-order valence-corrected chi connectivity index (χ3v) is 4.43. The number of nitrogens with two attached hydrogens (primary N) is 1. The van der Waals surface area contributed by atoms with Crippen molar-refractivity contribution in [2.24, 2.45) is 0 Å². The van der Waals surface area contributed by atoms with Crippen molar-refractivity contribution in [3.63, 3.8) is 0 Å². The molecule has 2 aromatic carbocycles. The van der Waals surface area contributed by atoms with Crippen molar-refractivity contribution in [1.29, 1.82) is 0 Å². The van der Waals surface area contributed by atoms with Crippen molar-refractivity contribution in [2.75, 3.05) is 20.0 Å². The Balaban J connectivity index is 2.19. The van der Waals surface area contributed by atoms with Gasteiger partial charge in [-0.05, 0) is 41.3 Å². The Hall–Kier alpha value is -2.46. The fraction of sp³-hybridized carbons (Fsp3) is 0.111. The van der Waals surface area contributed by atoms with Gasteiger partial charge in [0.15, 0.2) is 11.5 Å². The molecule has 0 saturated heterocycles. The van der Waals surface area contributed by atoms with Crippen molar-refractivity contribution in [2.45, 2.75) is 0 Å². The second-order valence-corrected chi connectivity index (χ2v) is 5.77. The van der Waals surface area contributed by atoms with Crippen LogP contribution in [0.2, 0.25) is 0 Å². The van der Waals surface area contributed by atoms with Gasteiger partial charge in [0, 0.05) is 21.7 Å². The van der Waals surface area contributed by atoms with Gasteiger partial charge < -0.3 is 15.2 Å². The van der Waals surface area contributed by atoms with Crippen LogP contribution in [0, 0.1) is 0 Å². The van der Waals surface area contributed by atoms with Gasteiger partial charge >= 0.3 is 0 Å². The van der Waals surface area contributed by atoms with E-state index in [2.05, 4.69) is 23.6 Å². The molecular formula is C18H17NO2S. The van der Waals surface area contributed by atoms with Gasteiger partial charge in [0.05, 0.1) is 14.2 Å². The molecule has 0 atom stereocenters. The van der Waals surface area contributed by atoms with Crippen LogP contribution in [0.3, 0.4) is 0 Å².